The van der Waals surface area contributed by atoms with Crippen LogP contribution in [0.15, 0.2) is 61.4 Å². The van der Waals surface area contributed by atoms with Gasteiger partial charge in [-0.3, -0.25) is 9.36 Å². The number of carbonyl (C=O) groups is 2. The molecule has 43 heavy (non-hydrogen) atoms. The number of pyridine rings is 2. The summed E-state index contributed by atoms with van der Waals surface area (Å²) in [5.41, 5.74) is 2.53. The lowest BCUT2D eigenvalue weighted by molar-refractivity contribution is 0.0427. The van der Waals surface area contributed by atoms with Crippen molar-refractivity contribution in [2.45, 2.75) is 33.4 Å². The predicted octanol–water partition coefficient (Wildman–Crippen LogP) is 3.44. The van der Waals surface area contributed by atoms with E-state index in [1.54, 1.807) is 28.0 Å². The van der Waals surface area contributed by atoms with E-state index in [-0.39, 0.29) is 17.5 Å². The summed E-state index contributed by atoms with van der Waals surface area (Å²) in [4.78, 5) is 37.7. The summed E-state index contributed by atoms with van der Waals surface area (Å²) in [7, 11) is 0. The zero-order valence-corrected chi connectivity index (χ0v) is 24.4. The van der Waals surface area contributed by atoms with Crippen LogP contribution in [0.2, 0.25) is 0 Å². The number of aromatic carboxylic acids is 1. The smallest absolute Gasteiger partial charge is 0.341 e. The molecule has 12 nitrogen and oxygen atoms in total. The molecule has 224 valence electrons. The van der Waals surface area contributed by atoms with Crippen LogP contribution >= 0.6 is 0 Å². The van der Waals surface area contributed by atoms with Crippen molar-refractivity contribution < 1.29 is 19.4 Å². The molecular formula is C31H36N8O4. The molecule has 0 amide bonds. The summed E-state index contributed by atoms with van der Waals surface area (Å²) < 4.78 is 9.02. The molecule has 1 unspecified atom stereocenters. The van der Waals surface area contributed by atoms with E-state index in [1.807, 2.05) is 18.3 Å². The number of esters is 1. The van der Waals surface area contributed by atoms with E-state index >= 15 is 0 Å². The van der Waals surface area contributed by atoms with Crippen LogP contribution in [0.25, 0.3) is 0 Å². The van der Waals surface area contributed by atoms with Crippen molar-refractivity contribution in [3.63, 3.8) is 0 Å². The largest absolute Gasteiger partial charge is 0.478 e. The number of anilines is 2. The number of ether oxygens (including phenoxy) is 1. The molecule has 4 aromatic rings. The van der Waals surface area contributed by atoms with Gasteiger partial charge >= 0.3 is 11.9 Å². The van der Waals surface area contributed by atoms with Crippen LogP contribution in [-0.4, -0.2) is 79.4 Å². The van der Waals surface area contributed by atoms with E-state index in [4.69, 9.17) is 9.84 Å². The molecule has 2 aliphatic heterocycles. The predicted molar refractivity (Wildman–Crippen MR) is 159 cm³/mol. The van der Waals surface area contributed by atoms with E-state index in [1.165, 1.54) is 18.8 Å². The Morgan fingerprint density at radius 1 is 0.837 bits per heavy atom. The third-order valence-corrected chi connectivity index (χ3v) is 8.32. The normalized spacial score (nSPS) is 20.1. The Kier molecular flexibility index (Phi) is 8.08. The van der Waals surface area contributed by atoms with Crippen molar-refractivity contribution in [2.75, 3.05) is 42.6 Å². The van der Waals surface area contributed by atoms with Gasteiger partial charge in [0.05, 0.1) is 43.2 Å². The minimum Gasteiger partial charge on any atom is -0.478 e. The van der Waals surface area contributed by atoms with Gasteiger partial charge in [0.1, 0.15) is 11.6 Å². The fraction of sp³-hybridized carbons (Fsp3) is 0.419. The van der Waals surface area contributed by atoms with Crippen LogP contribution in [0.4, 0.5) is 11.6 Å². The monoisotopic (exact) mass is 584 g/mol. The van der Waals surface area contributed by atoms with Gasteiger partial charge in [-0.05, 0) is 41.5 Å². The highest BCUT2D eigenvalue weighted by molar-refractivity contribution is 5.88. The molecule has 6 heterocycles. The van der Waals surface area contributed by atoms with Gasteiger partial charge in [0.25, 0.3) is 0 Å². The Labute approximate surface area is 249 Å². The molecule has 0 spiro atoms. The number of aromatic nitrogens is 6. The van der Waals surface area contributed by atoms with Gasteiger partial charge in [-0.1, -0.05) is 26.0 Å². The summed E-state index contributed by atoms with van der Waals surface area (Å²) in [6.07, 6.45) is 11.0. The lowest BCUT2D eigenvalue weighted by Crippen LogP contribution is -2.23. The highest BCUT2D eigenvalue weighted by atomic mass is 16.5. The van der Waals surface area contributed by atoms with Crippen molar-refractivity contribution in [3.05, 3.63) is 83.7 Å². The fourth-order valence-electron chi connectivity index (χ4n) is 5.73. The second kappa shape index (κ2) is 12.2. The van der Waals surface area contributed by atoms with Gasteiger partial charge in [0, 0.05) is 56.9 Å². The van der Waals surface area contributed by atoms with Crippen molar-refractivity contribution >= 4 is 23.6 Å². The summed E-state index contributed by atoms with van der Waals surface area (Å²) in [5.74, 6) is 1.70. The Morgan fingerprint density at radius 3 is 2.02 bits per heavy atom. The molecule has 4 aromatic heterocycles. The molecular weight excluding hydrogens is 548 g/mol. The van der Waals surface area contributed by atoms with Crippen LogP contribution in [0.1, 0.15) is 52.1 Å². The van der Waals surface area contributed by atoms with E-state index in [9.17, 15) is 9.59 Å². The van der Waals surface area contributed by atoms with Gasteiger partial charge in [0.2, 0.25) is 0 Å². The van der Waals surface area contributed by atoms with Gasteiger partial charge in [-0.2, -0.15) is 10.2 Å². The van der Waals surface area contributed by atoms with E-state index in [2.05, 4.69) is 55.9 Å². The van der Waals surface area contributed by atoms with Crippen LogP contribution in [0.5, 0.6) is 0 Å². The van der Waals surface area contributed by atoms with Crippen LogP contribution in [0.3, 0.4) is 0 Å². The number of hydrogen-bond donors (Lipinski definition) is 1. The maximum atomic E-state index is 12.8. The zero-order chi connectivity index (χ0) is 29.9. The highest BCUT2D eigenvalue weighted by Crippen LogP contribution is 2.28. The Balaban J connectivity index is 0.976. The standard InChI is InChI=1S/C31H36N8O4/c1-21-7-8-36(13-21)28-5-3-23(9-32-28)16-39-19-26(12-35-39)31(42)43-20-27-17-37(14-22(27)2)29-6-4-24(10-33-29)15-38-18-25(11-34-38)30(40)41/h3-6,9-12,18-19,21-22,27H,7-8,13-17,20H2,1-2H3,(H,40,41)/t21-,22+,27?/m0/s1. The first-order valence-corrected chi connectivity index (χ1v) is 14.7. The summed E-state index contributed by atoms with van der Waals surface area (Å²) in [5, 5.41) is 17.5. The van der Waals surface area contributed by atoms with Gasteiger partial charge in [0.15, 0.2) is 0 Å². The Hall–Kier alpha value is -4.74. The van der Waals surface area contributed by atoms with Gasteiger partial charge < -0.3 is 19.6 Å². The average molecular weight is 585 g/mol. The van der Waals surface area contributed by atoms with Gasteiger partial charge in [-0.25, -0.2) is 19.6 Å². The van der Waals surface area contributed by atoms with E-state index in [0.717, 1.165) is 48.9 Å². The number of carboxylic acid groups (broad SMARTS) is 1. The number of hydrogen-bond acceptors (Lipinski definition) is 9. The first kappa shape index (κ1) is 28.4. The van der Waals surface area contributed by atoms with Crippen molar-refractivity contribution in [3.8, 4) is 0 Å². The lowest BCUT2D eigenvalue weighted by Gasteiger charge is -2.17. The van der Waals surface area contributed by atoms with Crippen LogP contribution in [-0.2, 0) is 17.8 Å². The summed E-state index contributed by atoms with van der Waals surface area (Å²) in [6.45, 7) is 9.37. The molecule has 12 heteroatoms. The molecule has 0 aromatic carbocycles. The second-order valence-electron chi connectivity index (χ2n) is 11.8. The maximum Gasteiger partial charge on any atom is 0.341 e. The number of rotatable bonds is 10. The molecule has 0 radical (unpaired) electrons. The number of nitrogens with zero attached hydrogens (tertiary/aromatic N) is 8. The topological polar surface area (TPSA) is 132 Å². The minimum absolute atomic E-state index is 0.155. The third-order valence-electron chi connectivity index (χ3n) is 8.32. The molecule has 2 aliphatic rings. The molecule has 2 saturated heterocycles. The molecule has 3 atom stereocenters. The lowest BCUT2D eigenvalue weighted by atomic mass is 9.99. The first-order chi connectivity index (χ1) is 20.8. The van der Waals surface area contributed by atoms with Gasteiger partial charge in [-0.15, -0.1) is 0 Å². The van der Waals surface area contributed by atoms with Crippen LogP contribution < -0.4 is 9.80 Å². The number of carbonyl (C=O) groups excluding carboxylic acids is 1. The van der Waals surface area contributed by atoms with Crippen molar-refractivity contribution in [1.29, 1.82) is 0 Å². The summed E-state index contributed by atoms with van der Waals surface area (Å²) >= 11 is 0. The number of carboxylic acids is 1. The minimum atomic E-state index is -1.00. The second-order valence-corrected chi connectivity index (χ2v) is 11.8. The molecule has 2 fully saturated rings. The fourth-order valence-corrected chi connectivity index (χ4v) is 5.73. The average Bonchev–Trinajstić information content (AvgIpc) is 3.81. The SMILES string of the molecule is C[C@H]1CCN(c2ccc(Cn3cc(C(=O)OCC4CN(c5ccc(Cn6cc(C(=O)O)cn6)cn5)C[C@H]4C)cn3)cn2)C1. The Bertz CT molecular complexity index is 1570. The molecule has 0 aliphatic carbocycles. The summed E-state index contributed by atoms with van der Waals surface area (Å²) in [6, 6.07) is 8.05. The third kappa shape index (κ3) is 6.68. The van der Waals surface area contributed by atoms with E-state index < -0.39 is 5.97 Å². The molecule has 6 rings (SSSR count). The highest BCUT2D eigenvalue weighted by Gasteiger charge is 2.31. The first-order valence-electron chi connectivity index (χ1n) is 14.7. The van der Waals surface area contributed by atoms with E-state index in [0.29, 0.717) is 37.1 Å². The van der Waals surface area contributed by atoms with Crippen molar-refractivity contribution in [1.82, 2.24) is 29.5 Å². The zero-order valence-electron chi connectivity index (χ0n) is 24.4. The molecule has 0 bridgehead atoms. The quantitative estimate of drug-likeness (QED) is 0.277. The van der Waals surface area contributed by atoms with Crippen LogP contribution in [0, 0.1) is 17.8 Å². The molecule has 1 N–H and O–H groups in total. The maximum absolute atomic E-state index is 12.8. The van der Waals surface area contributed by atoms with Crippen molar-refractivity contribution in [2.24, 2.45) is 17.8 Å². The Morgan fingerprint density at radius 2 is 1.47 bits per heavy atom. The molecule has 0 saturated carbocycles.